The molecule has 2 heterocycles. The Bertz CT molecular complexity index is 460. The second kappa shape index (κ2) is 6.89. The maximum absolute atomic E-state index is 4.35. The minimum atomic E-state index is 0.244. The Labute approximate surface area is 130 Å². The van der Waals surface area contributed by atoms with E-state index in [2.05, 4.69) is 55.9 Å². The number of piperazine rings is 1. The van der Waals surface area contributed by atoms with E-state index < -0.39 is 0 Å². The molecule has 3 heteroatoms. The van der Waals surface area contributed by atoms with Crippen molar-refractivity contribution < 1.29 is 0 Å². The average Bonchev–Trinajstić information content (AvgIpc) is 2.49. The van der Waals surface area contributed by atoms with Crippen LogP contribution in [0.2, 0.25) is 0 Å². The van der Waals surface area contributed by atoms with Crippen LogP contribution in [-0.2, 0) is 6.54 Å². The second-order valence-electron chi connectivity index (χ2n) is 6.97. The molecule has 0 bridgehead atoms. The third-order valence-electron chi connectivity index (χ3n) is 5.32. The van der Waals surface area contributed by atoms with Crippen molar-refractivity contribution in [2.75, 3.05) is 13.1 Å². The molecule has 0 aromatic carbocycles. The summed E-state index contributed by atoms with van der Waals surface area (Å²) in [5.74, 6) is 0.726. The SMILES string of the molecule is CCC(C)C1CN(Cc2cncc(C)c2)C(C)(CC)CN1. The minimum Gasteiger partial charge on any atom is -0.311 e. The van der Waals surface area contributed by atoms with Gasteiger partial charge in [0.2, 0.25) is 0 Å². The van der Waals surface area contributed by atoms with Crippen molar-refractivity contribution in [2.45, 2.75) is 65.6 Å². The maximum atomic E-state index is 4.35. The van der Waals surface area contributed by atoms with E-state index in [1.54, 1.807) is 0 Å². The summed E-state index contributed by atoms with van der Waals surface area (Å²) in [5.41, 5.74) is 2.83. The van der Waals surface area contributed by atoms with Gasteiger partial charge in [0.1, 0.15) is 0 Å². The van der Waals surface area contributed by atoms with Gasteiger partial charge in [0.05, 0.1) is 0 Å². The van der Waals surface area contributed by atoms with Crippen LogP contribution in [-0.4, -0.2) is 34.6 Å². The van der Waals surface area contributed by atoms with Crippen LogP contribution in [0.3, 0.4) is 0 Å². The summed E-state index contributed by atoms with van der Waals surface area (Å²) in [5, 5.41) is 3.78. The van der Waals surface area contributed by atoms with E-state index in [0.29, 0.717) is 6.04 Å². The predicted octanol–water partition coefficient (Wildman–Crippen LogP) is 3.38. The Morgan fingerprint density at radius 2 is 2.19 bits per heavy atom. The summed E-state index contributed by atoms with van der Waals surface area (Å²) in [4.78, 5) is 7.01. The van der Waals surface area contributed by atoms with Crippen molar-refractivity contribution >= 4 is 0 Å². The van der Waals surface area contributed by atoms with Crippen LogP contribution in [0.1, 0.15) is 51.7 Å². The van der Waals surface area contributed by atoms with Crippen LogP contribution in [0.15, 0.2) is 18.5 Å². The first-order valence-corrected chi connectivity index (χ1v) is 8.37. The lowest BCUT2D eigenvalue weighted by atomic mass is 9.87. The molecule has 0 spiro atoms. The molecule has 1 aliphatic rings. The van der Waals surface area contributed by atoms with Crippen LogP contribution >= 0.6 is 0 Å². The topological polar surface area (TPSA) is 28.2 Å². The summed E-state index contributed by atoms with van der Waals surface area (Å²) in [6, 6.07) is 2.87. The van der Waals surface area contributed by atoms with Crippen molar-refractivity contribution in [2.24, 2.45) is 5.92 Å². The Morgan fingerprint density at radius 1 is 1.43 bits per heavy atom. The fourth-order valence-corrected chi connectivity index (χ4v) is 3.18. The van der Waals surface area contributed by atoms with Gasteiger partial charge in [-0.2, -0.15) is 0 Å². The molecule has 0 saturated carbocycles. The fraction of sp³-hybridized carbons (Fsp3) is 0.722. The van der Waals surface area contributed by atoms with E-state index in [0.717, 1.165) is 25.6 Å². The molecule has 1 N–H and O–H groups in total. The molecule has 0 radical (unpaired) electrons. The van der Waals surface area contributed by atoms with Gasteiger partial charge in [0.25, 0.3) is 0 Å². The van der Waals surface area contributed by atoms with Crippen LogP contribution in [0.4, 0.5) is 0 Å². The van der Waals surface area contributed by atoms with E-state index in [9.17, 15) is 0 Å². The molecule has 3 unspecified atom stereocenters. The van der Waals surface area contributed by atoms with E-state index in [1.807, 2.05) is 12.4 Å². The Hall–Kier alpha value is -0.930. The summed E-state index contributed by atoms with van der Waals surface area (Å²) in [6.45, 7) is 14.7. The highest BCUT2D eigenvalue weighted by atomic mass is 15.3. The lowest BCUT2D eigenvalue weighted by molar-refractivity contribution is 0.0293. The van der Waals surface area contributed by atoms with Crippen LogP contribution in [0.25, 0.3) is 0 Å². The zero-order chi connectivity index (χ0) is 15.5. The highest BCUT2D eigenvalue weighted by Crippen LogP contribution is 2.27. The molecule has 1 aliphatic heterocycles. The van der Waals surface area contributed by atoms with Gasteiger partial charge in [-0.25, -0.2) is 0 Å². The van der Waals surface area contributed by atoms with E-state index in [1.165, 1.54) is 24.0 Å². The molecule has 1 saturated heterocycles. The molecule has 3 atom stereocenters. The van der Waals surface area contributed by atoms with Gasteiger partial charge in [-0.1, -0.05) is 33.3 Å². The summed E-state index contributed by atoms with van der Waals surface area (Å²) >= 11 is 0. The standard InChI is InChI=1S/C18H31N3/c1-6-15(4)17-12-21(18(5,7-2)13-20-17)11-16-8-14(3)9-19-10-16/h8-10,15,17,20H,6-7,11-13H2,1-5H3. The van der Waals surface area contributed by atoms with Crippen LogP contribution in [0, 0.1) is 12.8 Å². The lowest BCUT2D eigenvalue weighted by Crippen LogP contribution is -2.63. The minimum absolute atomic E-state index is 0.244. The smallest absolute Gasteiger partial charge is 0.0313 e. The number of hydrogen-bond donors (Lipinski definition) is 1. The molecule has 3 nitrogen and oxygen atoms in total. The summed E-state index contributed by atoms with van der Waals surface area (Å²) in [6.07, 6.45) is 6.36. The highest BCUT2D eigenvalue weighted by molar-refractivity contribution is 5.17. The molecule has 1 aromatic heterocycles. The third kappa shape index (κ3) is 3.83. The van der Waals surface area contributed by atoms with Gasteiger partial charge in [-0.05, 0) is 37.3 Å². The third-order valence-corrected chi connectivity index (χ3v) is 5.32. The zero-order valence-electron chi connectivity index (χ0n) is 14.3. The maximum Gasteiger partial charge on any atom is 0.0313 e. The van der Waals surface area contributed by atoms with Crippen LogP contribution < -0.4 is 5.32 Å². The van der Waals surface area contributed by atoms with Gasteiger partial charge in [0, 0.05) is 43.6 Å². The molecular formula is C18H31N3. The number of aromatic nitrogens is 1. The van der Waals surface area contributed by atoms with Crippen LogP contribution in [0.5, 0.6) is 0 Å². The molecule has 1 fully saturated rings. The number of hydrogen-bond acceptors (Lipinski definition) is 3. The quantitative estimate of drug-likeness (QED) is 0.900. The Kier molecular flexibility index (Phi) is 5.39. The number of nitrogens with one attached hydrogen (secondary N) is 1. The number of nitrogens with zero attached hydrogens (tertiary/aromatic N) is 2. The Balaban J connectivity index is 2.14. The largest absolute Gasteiger partial charge is 0.311 e. The fourth-order valence-electron chi connectivity index (χ4n) is 3.18. The summed E-state index contributed by atoms with van der Waals surface area (Å²) in [7, 11) is 0. The predicted molar refractivity (Wildman–Crippen MR) is 89.3 cm³/mol. The van der Waals surface area contributed by atoms with E-state index >= 15 is 0 Å². The first-order chi connectivity index (χ1) is 9.98. The average molecular weight is 289 g/mol. The summed E-state index contributed by atoms with van der Waals surface area (Å²) < 4.78 is 0. The Morgan fingerprint density at radius 3 is 2.81 bits per heavy atom. The molecule has 0 aliphatic carbocycles. The zero-order valence-corrected chi connectivity index (χ0v) is 14.3. The van der Waals surface area contributed by atoms with Gasteiger partial charge >= 0.3 is 0 Å². The van der Waals surface area contributed by atoms with Gasteiger partial charge in [-0.3, -0.25) is 9.88 Å². The number of pyridine rings is 1. The van der Waals surface area contributed by atoms with Gasteiger partial charge in [-0.15, -0.1) is 0 Å². The van der Waals surface area contributed by atoms with E-state index in [-0.39, 0.29) is 5.54 Å². The number of rotatable bonds is 5. The number of aryl methyl sites for hydroxylation is 1. The van der Waals surface area contributed by atoms with Crippen molar-refractivity contribution in [3.8, 4) is 0 Å². The highest BCUT2D eigenvalue weighted by Gasteiger charge is 2.37. The van der Waals surface area contributed by atoms with E-state index in [4.69, 9.17) is 0 Å². The normalized spacial score (nSPS) is 28.5. The second-order valence-corrected chi connectivity index (χ2v) is 6.97. The van der Waals surface area contributed by atoms with Crippen molar-refractivity contribution in [3.63, 3.8) is 0 Å². The van der Waals surface area contributed by atoms with Crippen molar-refractivity contribution in [1.29, 1.82) is 0 Å². The molecule has 21 heavy (non-hydrogen) atoms. The molecule has 0 amide bonds. The van der Waals surface area contributed by atoms with Crippen molar-refractivity contribution in [3.05, 3.63) is 29.6 Å². The molecule has 2 rings (SSSR count). The lowest BCUT2D eigenvalue weighted by Gasteiger charge is -2.49. The van der Waals surface area contributed by atoms with Gasteiger partial charge < -0.3 is 5.32 Å². The molecular weight excluding hydrogens is 258 g/mol. The molecule has 118 valence electrons. The van der Waals surface area contributed by atoms with Gasteiger partial charge in [0.15, 0.2) is 0 Å². The molecule has 1 aromatic rings. The monoisotopic (exact) mass is 289 g/mol. The first-order valence-electron chi connectivity index (χ1n) is 8.37. The van der Waals surface area contributed by atoms with Crippen molar-refractivity contribution in [1.82, 2.24) is 15.2 Å². The first kappa shape index (κ1) is 16.4.